The average Bonchev–Trinajstić information content (AvgIpc) is 2.33. The summed E-state index contributed by atoms with van der Waals surface area (Å²) in [5.74, 6) is 2.61. The van der Waals surface area contributed by atoms with Gasteiger partial charge in [-0.1, -0.05) is 15.9 Å². The largest absolute Gasteiger partial charge is 0.486 e. The maximum Gasteiger partial charge on any atom is 0.166 e. The van der Waals surface area contributed by atoms with E-state index in [0.717, 1.165) is 27.3 Å². The molecule has 5 heteroatoms. The molecule has 2 aliphatic rings. The first-order chi connectivity index (χ1) is 8.50. The number of rotatable bonds is 0. The number of hydrogen-bond acceptors (Lipinski definition) is 4. The van der Waals surface area contributed by atoms with E-state index in [1.165, 1.54) is 5.56 Å². The Kier molecular flexibility index (Phi) is 3.03. The normalized spacial score (nSPS) is 24.6. The van der Waals surface area contributed by atoms with Gasteiger partial charge in [0.05, 0.1) is 0 Å². The molecule has 1 aromatic rings. The highest BCUT2D eigenvalue weighted by Crippen LogP contribution is 2.52. The molecule has 0 radical (unpaired) electrons. The number of thioether (sulfide) groups is 1. The van der Waals surface area contributed by atoms with Crippen LogP contribution in [0, 0.1) is 0 Å². The van der Waals surface area contributed by atoms with Gasteiger partial charge < -0.3 is 15.2 Å². The molecule has 1 unspecified atom stereocenters. The Morgan fingerprint density at radius 1 is 1.39 bits per heavy atom. The summed E-state index contributed by atoms with van der Waals surface area (Å²) in [5, 5.41) is 0. The predicted molar refractivity (Wildman–Crippen MR) is 77.4 cm³/mol. The van der Waals surface area contributed by atoms with E-state index in [1.807, 2.05) is 17.8 Å². The number of halogens is 1. The van der Waals surface area contributed by atoms with Crippen LogP contribution < -0.4 is 15.2 Å². The smallest absolute Gasteiger partial charge is 0.166 e. The predicted octanol–water partition coefficient (Wildman–Crippen LogP) is 3.25. The molecule has 0 saturated carbocycles. The summed E-state index contributed by atoms with van der Waals surface area (Å²) in [6.07, 6.45) is 0. The molecule has 1 aromatic carbocycles. The molecule has 2 aliphatic heterocycles. The quantitative estimate of drug-likeness (QED) is 0.793. The second kappa shape index (κ2) is 4.32. The van der Waals surface area contributed by atoms with Gasteiger partial charge in [-0.15, -0.1) is 11.8 Å². The fraction of sp³-hybridized carbons (Fsp3) is 0.538. The van der Waals surface area contributed by atoms with E-state index in [1.54, 1.807) is 0 Å². The van der Waals surface area contributed by atoms with Gasteiger partial charge >= 0.3 is 0 Å². The lowest BCUT2D eigenvalue weighted by atomic mass is 9.90. The van der Waals surface area contributed by atoms with Crippen LogP contribution in [-0.4, -0.2) is 18.0 Å². The van der Waals surface area contributed by atoms with E-state index < -0.39 is 0 Å². The Morgan fingerprint density at radius 2 is 2.11 bits per heavy atom. The van der Waals surface area contributed by atoms with Gasteiger partial charge in [0.1, 0.15) is 13.2 Å². The van der Waals surface area contributed by atoms with E-state index in [-0.39, 0.29) is 10.8 Å². The van der Waals surface area contributed by atoms with Crippen LogP contribution in [0.2, 0.25) is 0 Å². The number of fused-ring (bicyclic) bond motifs is 3. The summed E-state index contributed by atoms with van der Waals surface area (Å²) >= 11 is 5.51. The molecule has 2 heterocycles. The summed E-state index contributed by atoms with van der Waals surface area (Å²) in [5.41, 5.74) is 8.80. The Balaban J connectivity index is 2.21. The Labute approximate surface area is 120 Å². The number of benzene rings is 1. The van der Waals surface area contributed by atoms with E-state index in [2.05, 4.69) is 29.8 Å². The zero-order valence-corrected chi connectivity index (χ0v) is 12.9. The van der Waals surface area contributed by atoms with E-state index in [9.17, 15) is 0 Å². The maximum absolute atomic E-state index is 6.44. The van der Waals surface area contributed by atoms with Crippen molar-refractivity contribution in [3.8, 4) is 11.5 Å². The molecule has 0 spiro atoms. The molecule has 0 amide bonds. The van der Waals surface area contributed by atoms with Crippen LogP contribution in [0.25, 0.3) is 0 Å². The molecule has 98 valence electrons. The van der Waals surface area contributed by atoms with Gasteiger partial charge in [0.2, 0.25) is 0 Å². The molecule has 0 aromatic heterocycles. The van der Waals surface area contributed by atoms with Crippen LogP contribution in [0.5, 0.6) is 11.5 Å². The number of nitrogens with two attached hydrogens (primary N) is 1. The summed E-state index contributed by atoms with van der Waals surface area (Å²) in [6, 6.07) is 1.96. The molecule has 0 saturated heterocycles. The zero-order chi connectivity index (χ0) is 12.9. The van der Waals surface area contributed by atoms with E-state index >= 15 is 0 Å². The van der Waals surface area contributed by atoms with Crippen LogP contribution in [0.4, 0.5) is 0 Å². The number of ether oxygens (including phenoxy) is 2. The van der Waals surface area contributed by atoms with Crippen LogP contribution in [0.15, 0.2) is 10.5 Å². The van der Waals surface area contributed by atoms with E-state index in [0.29, 0.717) is 13.2 Å². The van der Waals surface area contributed by atoms with Crippen molar-refractivity contribution in [2.45, 2.75) is 30.4 Å². The Morgan fingerprint density at radius 3 is 2.89 bits per heavy atom. The molecule has 1 atom stereocenters. The van der Waals surface area contributed by atoms with Gasteiger partial charge in [-0.25, -0.2) is 0 Å². The van der Waals surface area contributed by atoms with Crippen LogP contribution in [-0.2, 0) is 5.75 Å². The third-order valence-corrected chi connectivity index (χ3v) is 5.71. The summed E-state index contributed by atoms with van der Waals surface area (Å²) < 4.78 is 12.6. The van der Waals surface area contributed by atoms with Gasteiger partial charge in [-0.05, 0) is 25.5 Å². The van der Waals surface area contributed by atoms with Crippen molar-refractivity contribution in [3.05, 3.63) is 21.7 Å². The lowest BCUT2D eigenvalue weighted by Crippen LogP contribution is -2.37. The highest BCUT2D eigenvalue weighted by molar-refractivity contribution is 9.10. The monoisotopic (exact) mass is 329 g/mol. The third kappa shape index (κ3) is 1.84. The summed E-state index contributed by atoms with van der Waals surface area (Å²) in [7, 11) is 0. The zero-order valence-electron chi connectivity index (χ0n) is 10.5. The van der Waals surface area contributed by atoms with Crippen LogP contribution in [0.1, 0.15) is 31.0 Å². The molecular formula is C13H16BrNO2S. The molecule has 3 rings (SSSR count). The highest BCUT2D eigenvalue weighted by Gasteiger charge is 2.39. The second-order valence-corrected chi connectivity index (χ2v) is 7.63. The minimum Gasteiger partial charge on any atom is -0.486 e. The molecule has 0 fully saturated rings. The molecule has 18 heavy (non-hydrogen) atoms. The van der Waals surface area contributed by atoms with Gasteiger partial charge in [-0.2, -0.15) is 0 Å². The van der Waals surface area contributed by atoms with Crippen LogP contribution >= 0.6 is 27.7 Å². The van der Waals surface area contributed by atoms with E-state index in [4.69, 9.17) is 15.2 Å². The van der Waals surface area contributed by atoms with Crippen molar-refractivity contribution in [1.82, 2.24) is 0 Å². The minimum atomic E-state index is -0.0424. The average molecular weight is 330 g/mol. The fourth-order valence-electron chi connectivity index (χ4n) is 2.39. The second-order valence-electron chi connectivity index (χ2n) is 5.14. The molecule has 2 N–H and O–H groups in total. The molecule has 0 bridgehead atoms. The third-order valence-electron chi connectivity index (χ3n) is 3.58. The minimum absolute atomic E-state index is 0.0162. The van der Waals surface area contributed by atoms with Crippen molar-refractivity contribution < 1.29 is 9.47 Å². The standard InChI is InChI=1S/C13H16BrNO2S/c1-13(2)12(15)10-7(6-18-13)8(14)5-9-11(10)17-4-3-16-9/h5,12H,3-4,6,15H2,1-2H3. The van der Waals surface area contributed by atoms with Gasteiger partial charge in [-0.3, -0.25) is 0 Å². The van der Waals surface area contributed by atoms with Gasteiger partial charge in [0.25, 0.3) is 0 Å². The first kappa shape index (κ1) is 12.6. The number of hydrogen-bond donors (Lipinski definition) is 1. The topological polar surface area (TPSA) is 44.5 Å². The lowest BCUT2D eigenvalue weighted by molar-refractivity contribution is 0.168. The first-order valence-electron chi connectivity index (χ1n) is 6.01. The SMILES string of the molecule is CC1(C)SCc2c(Br)cc3c(c2C1N)OCCO3. The van der Waals surface area contributed by atoms with Gasteiger partial charge in [0, 0.05) is 26.6 Å². The van der Waals surface area contributed by atoms with Gasteiger partial charge in [0.15, 0.2) is 11.5 Å². The van der Waals surface area contributed by atoms with Crippen molar-refractivity contribution >= 4 is 27.7 Å². The summed E-state index contributed by atoms with van der Waals surface area (Å²) in [6.45, 7) is 5.57. The maximum atomic E-state index is 6.44. The Hall–Kier alpha value is -0.390. The lowest BCUT2D eigenvalue weighted by Gasteiger charge is -2.39. The summed E-state index contributed by atoms with van der Waals surface area (Å²) in [4.78, 5) is 0. The van der Waals surface area contributed by atoms with Crippen molar-refractivity contribution in [3.63, 3.8) is 0 Å². The molecule has 0 aliphatic carbocycles. The molecular weight excluding hydrogens is 314 g/mol. The van der Waals surface area contributed by atoms with Crippen LogP contribution in [0.3, 0.4) is 0 Å². The fourth-order valence-corrected chi connectivity index (χ4v) is 4.26. The van der Waals surface area contributed by atoms with Crippen molar-refractivity contribution in [2.24, 2.45) is 5.73 Å². The molecule has 3 nitrogen and oxygen atoms in total. The Bertz CT molecular complexity index is 504. The van der Waals surface area contributed by atoms with Crippen molar-refractivity contribution in [1.29, 1.82) is 0 Å². The first-order valence-corrected chi connectivity index (χ1v) is 7.79. The van der Waals surface area contributed by atoms with Crippen molar-refractivity contribution in [2.75, 3.05) is 13.2 Å². The highest BCUT2D eigenvalue weighted by atomic mass is 79.9.